The maximum absolute atomic E-state index is 12.6. The average molecular weight is 901 g/mol. The van der Waals surface area contributed by atoms with Gasteiger partial charge in [0.05, 0.1) is 6.61 Å². The van der Waals surface area contributed by atoms with E-state index in [1.165, 1.54) is 24.3 Å². The summed E-state index contributed by atoms with van der Waals surface area (Å²) in [7, 11) is 0. The van der Waals surface area contributed by atoms with Crippen LogP contribution in [0.1, 0.15) is 38.3 Å². The Morgan fingerprint density at radius 2 is 1.39 bits per heavy atom. The fraction of sp³-hybridized carbons (Fsp3) is 0.488. The van der Waals surface area contributed by atoms with Gasteiger partial charge in [-0.3, -0.25) is 9.59 Å². The molecule has 2 aromatic heterocycles. The molecule has 2 fully saturated rings. The first-order valence-corrected chi connectivity index (χ1v) is 20.2. The van der Waals surface area contributed by atoms with Crippen molar-refractivity contribution < 1.29 is 92.4 Å². The molecule has 7 rings (SSSR count). The zero-order chi connectivity index (χ0) is 46.2. The Morgan fingerprint density at radius 3 is 2.06 bits per heavy atom. The number of aromatic hydroxyl groups is 2. The predicted molar refractivity (Wildman–Crippen MR) is 215 cm³/mol. The molecule has 64 heavy (non-hydrogen) atoms. The van der Waals surface area contributed by atoms with Gasteiger partial charge in [0.2, 0.25) is 5.75 Å². The van der Waals surface area contributed by atoms with Gasteiger partial charge >= 0.3 is 23.2 Å². The highest BCUT2D eigenvalue weighted by molar-refractivity contribution is 5.91. The maximum Gasteiger partial charge on any atom is 0.378 e. The lowest BCUT2D eigenvalue weighted by Crippen LogP contribution is -2.61. The molecule has 4 aromatic rings. The summed E-state index contributed by atoms with van der Waals surface area (Å²) in [5.41, 5.74) is -0.702. The Balaban J connectivity index is 0.875. The van der Waals surface area contributed by atoms with Gasteiger partial charge in [-0.1, -0.05) is 11.6 Å². The van der Waals surface area contributed by atoms with Gasteiger partial charge in [-0.2, -0.15) is 0 Å². The van der Waals surface area contributed by atoms with Crippen molar-refractivity contribution in [1.29, 1.82) is 0 Å². The second kappa shape index (κ2) is 18.9. The van der Waals surface area contributed by atoms with Gasteiger partial charge in [-0.05, 0) is 63.1 Å². The Labute approximate surface area is 362 Å². The molecule has 3 aliphatic heterocycles. The molecule has 0 amide bonds. The van der Waals surface area contributed by atoms with Crippen molar-refractivity contribution in [2.45, 2.75) is 113 Å². The fourth-order valence-corrected chi connectivity index (χ4v) is 7.45. The summed E-state index contributed by atoms with van der Waals surface area (Å²) in [6.07, 6.45) is -16.1. The first-order valence-electron chi connectivity index (χ1n) is 20.2. The highest BCUT2D eigenvalue weighted by Gasteiger charge is 2.49. The Bertz CT molecular complexity index is 2510. The molecule has 2 aromatic carbocycles. The van der Waals surface area contributed by atoms with Crippen molar-refractivity contribution in [3.05, 3.63) is 86.1 Å². The third-order valence-corrected chi connectivity index (χ3v) is 11.2. The summed E-state index contributed by atoms with van der Waals surface area (Å²) in [4.78, 5) is 48.8. The Morgan fingerprint density at radius 1 is 0.766 bits per heavy atom. The fourth-order valence-electron chi connectivity index (χ4n) is 7.45. The number of ether oxygens (including phenoxy) is 7. The normalized spacial score (nSPS) is 28.5. The first-order chi connectivity index (χ1) is 30.3. The molecule has 0 saturated carbocycles. The molecule has 346 valence electrons. The Kier molecular flexibility index (Phi) is 13.8. The van der Waals surface area contributed by atoms with E-state index in [0.29, 0.717) is 33.2 Å². The van der Waals surface area contributed by atoms with Crippen molar-refractivity contribution in [3.63, 3.8) is 0 Å². The van der Waals surface area contributed by atoms with Crippen LogP contribution in [-0.2, 0) is 50.9 Å². The largest absolute Gasteiger partial charge is 0.508 e. The predicted octanol–water partition coefficient (Wildman–Crippen LogP) is -0.293. The number of esters is 2. The molecule has 0 bridgehead atoms. The van der Waals surface area contributed by atoms with E-state index in [2.05, 4.69) is 0 Å². The van der Waals surface area contributed by atoms with Crippen molar-refractivity contribution >= 4 is 33.9 Å². The van der Waals surface area contributed by atoms with E-state index in [-0.39, 0.29) is 36.4 Å². The maximum atomic E-state index is 12.6. The van der Waals surface area contributed by atoms with Crippen LogP contribution in [0.4, 0.5) is 0 Å². The van der Waals surface area contributed by atoms with Gasteiger partial charge in [-0.25, -0.2) is 9.59 Å². The molecule has 11 atom stereocenters. The average Bonchev–Trinajstić information content (AvgIpc) is 3.68. The van der Waals surface area contributed by atoms with Gasteiger partial charge in [0.15, 0.2) is 12.6 Å². The number of rotatable bonds is 14. The number of benzene rings is 2. The summed E-state index contributed by atoms with van der Waals surface area (Å²) < 4.78 is 49.7. The number of phenols is 1. The van der Waals surface area contributed by atoms with Gasteiger partial charge < -0.3 is 82.8 Å². The van der Waals surface area contributed by atoms with Gasteiger partial charge in [0.25, 0.3) is 0 Å². The van der Waals surface area contributed by atoms with Gasteiger partial charge in [0, 0.05) is 34.9 Å². The second-order valence-corrected chi connectivity index (χ2v) is 16.3. The van der Waals surface area contributed by atoms with Crippen LogP contribution >= 0.6 is 0 Å². The molecule has 0 radical (unpaired) electrons. The molecule has 0 aliphatic carbocycles. The van der Waals surface area contributed by atoms with E-state index in [9.17, 15) is 60.0 Å². The van der Waals surface area contributed by atoms with E-state index in [1.54, 1.807) is 45.0 Å². The summed E-state index contributed by atoms with van der Waals surface area (Å²) >= 11 is 0. The highest BCUT2D eigenvalue weighted by Crippen LogP contribution is 2.39. The number of carbonyl (C=O) groups excluding carboxylic acids is 2. The summed E-state index contributed by atoms with van der Waals surface area (Å²) in [6.45, 7) is 3.38. The molecule has 21 heteroatoms. The topological polar surface area (TPSA) is 321 Å². The molecule has 8 N–H and O–H groups in total. The minimum atomic E-state index is -1.82. The number of hydrogen-bond acceptors (Lipinski definition) is 21. The van der Waals surface area contributed by atoms with E-state index >= 15 is 0 Å². The first kappa shape index (κ1) is 46.5. The molecule has 2 saturated heterocycles. The zero-order valence-corrected chi connectivity index (χ0v) is 34.6. The summed E-state index contributed by atoms with van der Waals surface area (Å²) in [5, 5.41) is 84.8. The van der Waals surface area contributed by atoms with Crippen LogP contribution in [-0.4, -0.2) is 146 Å². The van der Waals surface area contributed by atoms with Gasteiger partial charge in [-0.15, -0.1) is 0 Å². The smallest absolute Gasteiger partial charge is 0.378 e. The van der Waals surface area contributed by atoms with Crippen LogP contribution in [0.15, 0.2) is 72.5 Å². The van der Waals surface area contributed by atoms with Crippen LogP contribution in [0.5, 0.6) is 17.2 Å². The molecule has 5 heterocycles. The van der Waals surface area contributed by atoms with Crippen molar-refractivity contribution in [2.75, 3.05) is 19.8 Å². The van der Waals surface area contributed by atoms with Crippen molar-refractivity contribution in [1.82, 2.24) is 0 Å². The quantitative estimate of drug-likeness (QED) is 0.0349. The van der Waals surface area contributed by atoms with E-state index in [0.717, 1.165) is 0 Å². The molecular weight excluding hydrogens is 852 g/mol. The van der Waals surface area contributed by atoms with E-state index in [4.69, 9.17) is 42.0 Å². The number of phenolic OH excluding ortho intramolecular Hbond substituents is 1. The van der Waals surface area contributed by atoms with Crippen LogP contribution in [0.25, 0.3) is 21.9 Å². The summed E-state index contributed by atoms with van der Waals surface area (Å²) in [5.74, 6) is -2.55. The van der Waals surface area contributed by atoms with Gasteiger partial charge in [0.1, 0.15) is 103 Å². The number of aliphatic hydroxyl groups excluding tert-OH is 6. The second-order valence-electron chi connectivity index (χ2n) is 16.3. The van der Waals surface area contributed by atoms with E-state index < -0.39 is 122 Å². The number of hydrogen-bond donors (Lipinski definition) is 8. The number of carbonyl (C=O) groups is 2. The number of aliphatic hydroxyl groups is 6. The molecule has 0 spiro atoms. The lowest BCUT2D eigenvalue weighted by Gasteiger charge is -2.43. The monoisotopic (exact) mass is 900 g/mol. The lowest BCUT2D eigenvalue weighted by molar-refractivity contribution is -0.329. The third kappa shape index (κ3) is 10.1. The molecule has 21 nitrogen and oxygen atoms in total. The number of allylic oxidation sites excluding steroid dienone is 1. The van der Waals surface area contributed by atoms with Crippen LogP contribution < -0.4 is 16.0 Å². The zero-order valence-electron chi connectivity index (χ0n) is 34.6. The minimum Gasteiger partial charge on any atom is -0.508 e. The van der Waals surface area contributed by atoms with Crippen LogP contribution in [0, 0.1) is 0 Å². The minimum absolute atomic E-state index is 0.0966. The molecular formula is C43H48O21. The third-order valence-electron chi connectivity index (χ3n) is 11.2. The number of fused-ring (bicyclic) bond motifs is 3. The summed E-state index contributed by atoms with van der Waals surface area (Å²) in [6, 6.07) is 10.3. The Hall–Kier alpha value is -5.46. The van der Waals surface area contributed by atoms with Crippen LogP contribution in [0.2, 0.25) is 0 Å². The van der Waals surface area contributed by atoms with Crippen molar-refractivity contribution in [2.24, 2.45) is 0 Å². The SMILES string of the molecule is C/C(=C\Cc1c(O)ccc2ccc(=O)oc12)CO[C@@H]1O[C@H](COC(=O)CC(=O)OC[C@H]2O[C@@H](OC(C)(C)C3Cc4cc5cc(O)c(=O)oc5cc4O3)[C@H](O)[C@@H](O)[C@@H]2O)[C@@H](O)[C@H](O)[C@H]1O. The van der Waals surface area contributed by atoms with Crippen LogP contribution in [0.3, 0.4) is 0 Å². The molecule has 3 aliphatic rings. The standard InChI is InChI=1S/C43H48O21/c1-18(4-7-22-23(44)8-5-19-6-9-30(46)63-39(19)22)15-58-41-37(53)35(51)33(49)27(61-41)16-56-31(47)14-32(48)57-17-28-34(50)36(52)38(54)42(62-28)64-43(2,3)29-12-21-10-20-11-24(45)40(55)60-26(20)13-25(21)59-29/h4-6,8-11,13,27-29,33-38,41-42,44-45,49-54H,7,12,14-17H2,1-3H3/b18-4+/t27-,28-,29?,33-,34-,35+,36+,37-,38-,41-,42+/m1/s1. The van der Waals surface area contributed by atoms with Crippen molar-refractivity contribution in [3.8, 4) is 17.2 Å². The van der Waals surface area contributed by atoms with E-state index in [1.807, 2.05) is 0 Å². The lowest BCUT2D eigenvalue weighted by atomic mass is 9.95. The highest BCUT2D eigenvalue weighted by atomic mass is 16.7. The molecule has 1 unspecified atom stereocenters.